The number of rotatable bonds is 1. The Hall–Kier alpha value is -1.60. The Balaban J connectivity index is 0.00000161. The number of nitrogens with zero attached hydrogens (tertiary/aromatic N) is 1. The molecule has 0 fully saturated rings. The molecule has 2 heterocycles. The molecule has 0 radical (unpaired) electrons. The fourth-order valence-corrected chi connectivity index (χ4v) is 2.11. The van der Waals surface area contributed by atoms with Crippen molar-refractivity contribution < 1.29 is 14.3 Å². The van der Waals surface area contributed by atoms with Crippen LogP contribution in [0.2, 0.25) is 5.02 Å². The average Bonchev–Trinajstić information content (AvgIpc) is 2.40. The van der Waals surface area contributed by atoms with Gasteiger partial charge in [0.1, 0.15) is 17.0 Å². The molecule has 0 aliphatic carbocycles. The molecule has 6 nitrogen and oxygen atoms in total. The zero-order chi connectivity index (χ0) is 14.4. The minimum atomic E-state index is -1.24. The number of anilines is 1. The molecule has 3 N–H and O–H groups in total. The number of carbonyl (C=O) groups is 1. The summed E-state index contributed by atoms with van der Waals surface area (Å²) >= 11 is 5.84. The van der Waals surface area contributed by atoms with Crippen LogP contribution < -0.4 is 11.2 Å². The Morgan fingerprint density at radius 2 is 2.00 bits per heavy atom. The van der Waals surface area contributed by atoms with Gasteiger partial charge in [-0.1, -0.05) is 11.6 Å². The second-order valence-corrected chi connectivity index (χ2v) is 4.58. The van der Waals surface area contributed by atoms with Crippen molar-refractivity contribution in [3.05, 3.63) is 45.1 Å². The number of halogens is 1. The predicted molar refractivity (Wildman–Crippen MR) is 81.3 cm³/mol. The summed E-state index contributed by atoms with van der Waals surface area (Å²) < 4.78 is 5.49. The Labute approximate surface area is 144 Å². The number of hydrogen-bond donors (Lipinski definition) is 2. The third kappa shape index (κ3) is 2.63. The van der Waals surface area contributed by atoms with Gasteiger partial charge in [0.25, 0.3) is 0 Å². The summed E-state index contributed by atoms with van der Waals surface area (Å²) in [5.41, 5.74) is 5.25. The van der Waals surface area contributed by atoms with Crippen molar-refractivity contribution in [3.63, 3.8) is 0 Å². The van der Waals surface area contributed by atoms with E-state index in [-0.39, 0.29) is 57.4 Å². The number of aromatic carboxylic acids is 1. The van der Waals surface area contributed by atoms with Gasteiger partial charge in [0.05, 0.1) is 5.39 Å². The van der Waals surface area contributed by atoms with Crippen LogP contribution in [0.3, 0.4) is 0 Å². The summed E-state index contributed by atoms with van der Waals surface area (Å²) in [6.45, 7) is 0. The van der Waals surface area contributed by atoms with E-state index in [1.54, 1.807) is 6.07 Å². The van der Waals surface area contributed by atoms with Gasteiger partial charge in [-0.3, -0.25) is 4.79 Å². The van der Waals surface area contributed by atoms with Gasteiger partial charge in [0.15, 0.2) is 11.1 Å². The molecule has 21 heavy (non-hydrogen) atoms. The van der Waals surface area contributed by atoms with Gasteiger partial charge in [0, 0.05) is 11.1 Å². The molecule has 3 rings (SSSR count). The molecule has 0 spiro atoms. The van der Waals surface area contributed by atoms with Crippen molar-refractivity contribution in [1.82, 2.24) is 4.98 Å². The second-order valence-electron chi connectivity index (χ2n) is 4.14. The zero-order valence-corrected chi connectivity index (χ0v) is 10.6. The molecule has 0 atom stereocenters. The van der Waals surface area contributed by atoms with Crippen molar-refractivity contribution >= 4 is 75.0 Å². The van der Waals surface area contributed by atoms with Crippen LogP contribution in [-0.2, 0) is 0 Å². The number of hydrogen-bond acceptors (Lipinski definition) is 5. The number of carboxylic acid groups (broad SMARTS) is 1. The Morgan fingerprint density at radius 1 is 1.29 bits per heavy atom. The normalized spacial score (nSPS) is 10.5. The summed E-state index contributed by atoms with van der Waals surface area (Å²) in [7, 11) is 0. The monoisotopic (exact) mass is 314 g/mol. The number of pyridine rings is 1. The summed E-state index contributed by atoms with van der Waals surface area (Å²) in [6.07, 6.45) is 0. The van der Waals surface area contributed by atoms with Gasteiger partial charge >= 0.3 is 35.5 Å². The van der Waals surface area contributed by atoms with E-state index in [4.69, 9.17) is 26.9 Å². The summed E-state index contributed by atoms with van der Waals surface area (Å²) in [5, 5.41) is 9.64. The molecule has 0 saturated carbocycles. The topological polar surface area (TPSA) is 106 Å². The molecule has 0 aliphatic heterocycles. The summed E-state index contributed by atoms with van der Waals surface area (Å²) in [4.78, 5) is 27.1. The van der Waals surface area contributed by atoms with Gasteiger partial charge < -0.3 is 15.3 Å². The summed E-state index contributed by atoms with van der Waals surface area (Å²) in [6, 6.07) is 5.76. The van der Waals surface area contributed by atoms with E-state index in [0.717, 1.165) is 0 Å². The number of benzene rings is 1. The molecule has 102 valence electrons. The van der Waals surface area contributed by atoms with Crippen molar-refractivity contribution in [1.29, 1.82) is 0 Å². The molecule has 3 aromatic rings. The van der Waals surface area contributed by atoms with E-state index in [9.17, 15) is 9.59 Å². The van der Waals surface area contributed by atoms with E-state index in [2.05, 4.69) is 4.98 Å². The van der Waals surface area contributed by atoms with E-state index in [1.807, 2.05) is 0 Å². The third-order valence-electron chi connectivity index (χ3n) is 2.87. The van der Waals surface area contributed by atoms with Crippen LogP contribution >= 0.6 is 11.6 Å². The van der Waals surface area contributed by atoms with E-state index in [1.165, 1.54) is 18.2 Å². The fourth-order valence-electron chi connectivity index (χ4n) is 1.94. The standard InChI is InChI=1S/C13H7ClN2O4.Na.H/c14-5-1-2-8-6(3-5)11(17)10-9(20-8)4-7(13(18)19)12(15)16-10;;/h1-4H,(H2,15,16)(H,18,19);;. The van der Waals surface area contributed by atoms with Crippen molar-refractivity contribution in [2.45, 2.75) is 0 Å². The second kappa shape index (κ2) is 5.65. The van der Waals surface area contributed by atoms with Crippen LogP contribution in [0.5, 0.6) is 0 Å². The first kappa shape index (κ1) is 15.8. The van der Waals surface area contributed by atoms with Gasteiger partial charge in [0.2, 0.25) is 5.43 Å². The molecule has 2 aromatic heterocycles. The molecule has 0 unspecified atom stereocenters. The molecule has 0 bridgehead atoms. The van der Waals surface area contributed by atoms with Gasteiger partial charge in [-0.25, -0.2) is 9.78 Å². The first-order chi connectivity index (χ1) is 9.47. The van der Waals surface area contributed by atoms with E-state index >= 15 is 0 Å². The zero-order valence-electron chi connectivity index (χ0n) is 9.88. The Morgan fingerprint density at radius 3 is 2.67 bits per heavy atom. The van der Waals surface area contributed by atoms with Crippen LogP contribution in [0.4, 0.5) is 5.82 Å². The number of carboxylic acids is 1. The van der Waals surface area contributed by atoms with Crippen LogP contribution in [-0.4, -0.2) is 45.6 Å². The molecular formula is C13H8ClN2NaO4. The molecular weight excluding hydrogens is 307 g/mol. The number of aromatic nitrogens is 1. The van der Waals surface area contributed by atoms with Crippen LogP contribution in [0.1, 0.15) is 10.4 Å². The SMILES string of the molecule is Nc1nc2c(=O)c3cc(Cl)ccc3oc2cc1C(=O)O.[NaH]. The maximum absolute atomic E-state index is 12.3. The van der Waals surface area contributed by atoms with Crippen molar-refractivity contribution in [3.8, 4) is 0 Å². The first-order valence-electron chi connectivity index (χ1n) is 5.53. The first-order valence-corrected chi connectivity index (χ1v) is 5.91. The summed E-state index contributed by atoms with van der Waals surface area (Å²) in [5.74, 6) is -1.48. The number of fused-ring (bicyclic) bond motifs is 2. The van der Waals surface area contributed by atoms with Crippen molar-refractivity contribution in [2.24, 2.45) is 0 Å². The average molecular weight is 315 g/mol. The Kier molecular flexibility index (Phi) is 4.25. The van der Waals surface area contributed by atoms with E-state index < -0.39 is 11.4 Å². The van der Waals surface area contributed by atoms with Gasteiger partial charge in [-0.15, -0.1) is 0 Å². The quantitative estimate of drug-likeness (QED) is 0.522. The predicted octanol–water partition coefficient (Wildman–Crippen LogP) is 1.63. The van der Waals surface area contributed by atoms with Gasteiger partial charge in [-0.2, -0.15) is 0 Å². The molecule has 1 aromatic carbocycles. The number of nitrogens with two attached hydrogens (primary N) is 1. The van der Waals surface area contributed by atoms with Crippen LogP contribution in [0.15, 0.2) is 33.5 Å². The molecule has 8 heteroatoms. The molecule has 0 amide bonds. The number of nitrogen functional groups attached to an aromatic ring is 1. The van der Waals surface area contributed by atoms with Crippen molar-refractivity contribution in [2.75, 3.05) is 5.73 Å². The maximum atomic E-state index is 12.3. The molecule has 0 saturated heterocycles. The van der Waals surface area contributed by atoms with Crippen LogP contribution in [0, 0.1) is 0 Å². The van der Waals surface area contributed by atoms with E-state index in [0.29, 0.717) is 10.6 Å². The van der Waals surface area contributed by atoms with Crippen LogP contribution in [0.25, 0.3) is 22.1 Å². The fraction of sp³-hybridized carbons (Fsp3) is 0. The third-order valence-corrected chi connectivity index (χ3v) is 3.10. The Bertz CT molecular complexity index is 939. The minimum absolute atomic E-state index is 0. The van der Waals surface area contributed by atoms with Gasteiger partial charge in [-0.05, 0) is 18.2 Å². The molecule has 0 aliphatic rings.